The minimum atomic E-state index is -0.425. The Balaban J connectivity index is 4.28. The van der Waals surface area contributed by atoms with Gasteiger partial charge in [-0.1, -0.05) is 0 Å². The molecule has 0 spiro atoms. The van der Waals surface area contributed by atoms with Gasteiger partial charge in [0.25, 0.3) is 0 Å². The zero-order chi connectivity index (χ0) is 11.1. The summed E-state index contributed by atoms with van der Waals surface area (Å²) in [5.74, 6) is -0.849. The smallest absolute Gasteiger partial charge is 0.310 e. The van der Waals surface area contributed by atoms with Crippen molar-refractivity contribution >= 4 is 37.2 Å². The first-order valence-electron chi connectivity index (χ1n) is 3.74. The Hall–Kier alpha value is -0.620. The zero-order valence-corrected chi connectivity index (χ0v) is 9.73. The maximum absolute atomic E-state index is 10.8. The fourth-order valence-corrected chi connectivity index (χ4v) is 1.04. The molecule has 0 saturated heterocycles. The number of carbonyl (C=O) groups is 2. The molecule has 0 aromatic carbocycles. The number of hydrogen-bond donors (Lipinski definition) is 2. The summed E-state index contributed by atoms with van der Waals surface area (Å²) in [5, 5.41) is 0. The molecule has 0 bridgehead atoms. The summed E-state index contributed by atoms with van der Waals surface area (Å²) in [5.41, 5.74) is 0. The Morgan fingerprint density at radius 1 is 0.929 bits per heavy atom. The molecular formula is C8H12O4S2. The molecule has 0 rings (SSSR count). The van der Waals surface area contributed by atoms with Gasteiger partial charge in [-0.05, 0) is 0 Å². The van der Waals surface area contributed by atoms with Crippen LogP contribution in [0.4, 0.5) is 0 Å². The van der Waals surface area contributed by atoms with Crippen LogP contribution in [-0.4, -0.2) is 26.2 Å². The molecule has 0 N–H and O–H groups in total. The van der Waals surface area contributed by atoms with E-state index in [0.29, 0.717) is 9.81 Å². The Morgan fingerprint density at radius 3 is 1.43 bits per heavy atom. The molecule has 6 heteroatoms. The van der Waals surface area contributed by atoms with Gasteiger partial charge in [0.1, 0.15) is 0 Å². The van der Waals surface area contributed by atoms with Gasteiger partial charge in [0.15, 0.2) is 0 Å². The monoisotopic (exact) mass is 236 g/mol. The molecule has 0 heterocycles. The molecule has 0 aliphatic rings. The Morgan fingerprint density at radius 2 is 1.21 bits per heavy atom. The molecule has 0 atom stereocenters. The highest BCUT2D eigenvalue weighted by atomic mass is 32.1. The maximum Gasteiger partial charge on any atom is 0.310 e. The Labute approximate surface area is 93.5 Å². The van der Waals surface area contributed by atoms with Gasteiger partial charge in [-0.2, -0.15) is 0 Å². The van der Waals surface area contributed by atoms with Crippen molar-refractivity contribution in [1.29, 1.82) is 0 Å². The molecular weight excluding hydrogens is 224 g/mol. The molecule has 0 fully saturated rings. The van der Waals surface area contributed by atoms with Gasteiger partial charge >= 0.3 is 11.9 Å². The van der Waals surface area contributed by atoms with Gasteiger partial charge in [0, 0.05) is 9.81 Å². The van der Waals surface area contributed by atoms with Crippen LogP contribution >= 0.6 is 25.3 Å². The van der Waals surface area contributed by atoms with Crippen molar-refractivity contribution in [1.82, 2.24) is 0 Å². The minimum Gasteiger partial charge on any atom is -0.469 e. The fourth-order valence-electron chi connectivity index (χ4n) is 0.622. The van der Waals surface area contributed by atoms with E-state index in [2.05, 4.69) is 34.7 Å². The summed E-state index contributed by atoms with van der Waals surface area (Å²) in [6, 6.07) is 0. The molecule has 0 amide bonds. The molecule has 0 aromatic rings. The van der Waals surface area contributed by atoms with Crippen LogP contribution in [0.25, 0.3) is 0 Å². The van der Waals surface area contributed by atoms with Crippen molar-refractivity contribution in [3.05, 3.63) is 9.81 Å². The number of carbonyl (C=O) groups excluding carboxylic acids is 2. The second kappa shape index (κ2) is 6.78. The van der Waals surface area contributed by atoms with Crippen LogP contribution < -0.4 is 0 Å². The van der Waals surface area contributed by atoms with Crippen LogP contribution in [0.5, 0.6) is 0 Å². The van der Waals surface area contributed by atoms with E-state index in [1.807, 2.05) is 0 Å². The Kier molecular flexibility index (Phi) is 6.48. The second-order valence-corrected chi connectivity index (χ2v) is 3.48. The molecule has 14 heavy (non-hydrogen) atoms. The predicted octanol–water partition coefficient (Wildman–Crippen LogP) is 1.18. The number of esters is 2. The van der Waals surface area contributed by atoms with Gasteiger partial charge in [0.05, 0.1) is 27.1 Å². The Bertz CT molecular complexity index is 234. The summed E-state index contributed by atoms with van der Waals surface area (Å²) in [7, 11) is 2.56. The predicted molar refractivity (Wildman–Crippen MR) is 58.3 cm³/mol. The first-order chi connectivity index (χ1) is 6.51. The van der Waals surface area contributed by atoms with Crippen LogP contribution in [-0.2, 0) is 19.1 Å². The molecule has 80 valence electrons. The molecule has 4 nitrogen and oxygen atoms in total. The number of thiol groups is 2. The first kappa shape index (κ1) is 13.4. The van der Waals surface area contributed by atoms with Gasteiger partial charge in [0.2, 0.25) is 0 Å². The van der Waals surface area contributed by atoms with Gasteiger partial charge in [-0.3, -0.25) is 9.59 Å². The van der Waals surface area contributed by atoms with Crippen molar-refractivity contribution in [2.75, 3.05) is 14.2 Å². The van der Waals surface area contributed by atoms with E-state index in [1.165, 1.54) is 14.2 Å². The topological polar surface area (TPSA) is 52.6 Å². The fraction of sp³-hybridized carbons (Fsp3) is 0.500. The number of hydrogen-bond acceptors (Lipinski definition) is 6. The van der Waals surface area contributed by atoms with Crippen molar-refractivity contribution in [3.8, 4) is 0 Å². The highest BCUT2D eigenvalue weighted by Crippen LogP contribution is 2.20. The minimum absolute atomic E-state index is 0.00936. The van der Waals surface area contributed by atoms with Crippen molar-refractivity contribution < 1.29 is 19.1 Å². The number of rotatable bonds is 4. The molecule has 0 aromatic heterocycles. The molecule has 0 aliphatic heterocycles. The lowest BCUT2D eigenvalue weighted by atomic mass is 10.3. The van der Waals surface area contributed by atoms with Crippen LogP contribution in [0.15, 0.2) is 9.81 Å². The quantitative estimate of drug-likeness (QED) is 0.568. The third-order valence-corrected chi connectivity index (χ3v) is 2.44. The summed E-state index contributed by atoms with van der Waals surface area (Å²) in [6.45, 7) is 0. The lowest BCUT2D eigenvalue weighted by Gasteiger charge is -2.04. The van der Waals surface area contributed by atoms with Crippen molar-refractivity contribution in [2.45, 2.75) is 12.8 Å². The maximum atomic E-state index is 10.8. The lowest BCUT2D eigenvalue weighted by molar-refractivity contribution is -0.140. The lowest BCUT2D eigenvalue weighted by Crippen LogP contribution is -2.03. The molecule has 0 aliphatic carbocycles. The highest BCUT2D eigenvalue weighted by Gasteiger charge is 2.09. The van der Waals surface area contributed by atoms with E-state index >= 15 is 0 Å². The second-order valence-electron chi connectivity index (χ2n) is 2.40. The first-order valence-corrected chi connectivity index (χ1v) is 4.64. The standard InChI is InChI=1S/C8H12O4S2/c1-11-7(9)3-5(13)6(14)4-8(10)12-2/h13-14H,3-4H2,1-2H3/b6-5-. The average molecular weight is 236 g/mol. The number of ether oxygens (including phenoxy) is 2. The van der Waals surface area contributed by atoms with Gasteiger partial charge in [-0.25, -0.2) is 0 Å². The number of methoxy groups -OCH3 is 2. The summed E-state index contributed by atoms with van der Waals surface area (Å²) in [6.07, 6.45) is 0.0187. The van der Waals surface area contributed by atoms with Crippen LogP contribution in [0.2, 0.25) is 0 Å². The average Bonchev–Trinajstić information content (AvgIpc) is 2.17. The van der Waals surface area contributed by atoms with E-state index in [4.69, 9.17) is 0 Å². The van der Waals surface area contributed by atoms with E-state index in [9.17, 15) is 9.59 Å². The third kappa shape index (κ3) is 5.18. The van der Waals surface area contributed by atoms with E-state index in [1.54, 1.807) is 0 Å². The van der Waals surface area contributed by atoms with Crippen LogP contribution in [0.3, 0.4) is 0 Å². The zero-order valence-electron chi connectivity index (χ0n) is 7.94. The third-order valence-electron chi connectivity index (χ3n) is 1.41. The van der Waals surface area contributed by atoms with E-state index < -0.39 is 11.9 Å². The molecule has 0 radical (unpaired) electrons. The summed E-state index contributed by atoms with van der Waals surface area (Å²) < 4.78 is 8.86. The normalized spacial score (nSPS) is 11.7. The van der Waals surface area contributed by atoms with Crippen LogP contribution in [0, 0.1) is 0 Å². The highest BCUT2D eigenvalue weighted by molar-refractivity contribution is 7.88. The van der Waals surface area contributed by atoms with E-state index in [-0.39, 0.29) is 12.8 Å². The SMILES string of the molecule is COC(=O)C/C(S)=C(/S)CC(=O)OC. The summed E-state index contributed by atoms with van der Waals surface area (Å²) >= 11 is 8.05. The largest absolute Gasteiger partial charge is 0.469 e. The van der Waals surface area contributed by atoms with Crippen molar-refractivity contribution in [3.63, 3.8) is 0 Å². The summed E-state index contributed by atoms with van der Waals surface area (Å²) in [4.78, 5) is 22.5. The van der Waals surface area contributed by atoms with Gasteiger partial charge in [-0.15, -0.1) is 25.3 Å². The molecule has 0 unspecified atom stereocenters. The van der Waals surface area contributed by atoms with Gasteiger partial charge < -0.3 is 9.47 Å². The molecule has 0 saturated carbocycles. The van der Waals surface area contributed by atoms with E-state index in [0.717, 1.165) is 0 Å². The van der Waals surface area contributed by atoms with Crippen LogP contribution in [0.1, 0.15) is 12.8 Å². The van der Waals surface area contributed by atoms with Crippen molar-refractivity contribution in [2.24, 2.45) is 0 Å².